The Bertz CT molecular complexity index is 564. The van der Waals surface area contributed by atoms with E-state index >= 15 is 0 Å². The van der Waals surface area contributed by atoms with E-state index < -0.39 is 0 Å². The van der Waals surface area contributed by atoms with Gasteiger partial charge in [-0.05, 0) is 25.5 Å². The average Bonchev–Trinajstić information content (AvgIpc) is 2.72. The molecule has 2 rings (SSSR count). The van der Waals surface area contributed by atoms with Crippen molar-refractivity contribution in [3.05, 3.63) is 18.0 Å². The van der Waals surface area contributed by atoms with Gasteiger partial charge in [-0.1, -0.05) is 6.92 Å². The predicted molar refractivity (Wildman–Crippen MR) is 68.0 cm³/mol. The van der Waals surface area contributed by atoms with Gasteiger partial charge in [0.1, 0.15) is 17.6 Å². The van der Waals surface area contributed by atoms with E-state index in [4.69, 9.17) is 10.5 Å². The summed E-state index contributed by atoms with van der Waals surface area (Å²) in [5.41, 5.74) is 6.88. The first-order chi connectivity index (χ1) is 8.65. The number of ether oxygens (including phenoxy) is 1. The van der Waals surface area contributed by atoms with Crippen LogP contribution in [0.15, 0.2) is 12.1 Å². The number of nitrogens with zero attached hydrogens (tertiary/aromatic N) is 2. The number of nitrogens with one attached hydrogen (secondary N) is 1. The van der Waals surface area contributed by atoms with Gasteiger partial charge in [0.05, 0.1) is 12.1 Å². The summed E-state index contributed by atoms with van der Waals surface area (Å²) in [5, 5.41) is 0. The third-order valence-electron chi connectivity index (χ3n) is 2.70. The Morgan fingerprint density at radius 2 is 2.22 bits per heavy atom. The van der Waals surface area contributed by atoms with Crippen LogP contribution in [0, 0.1) is 0 Å². The number of carbonyl (C=O) groups is 1. The standard InChI is InChI=1S/C12H16N4O2/c1-3-7(12(17)18-4-2)10-14-8-5-6-9(13)15-11(8)16-10/h5-7H,3-4H2,1-2H3,(H3,13,14,15,16). The van der Waals surface area contributed by atoms with Crippen LogP contribution in [0.4, 0.5) is 5.82 Å². The minimum Gasteiger partial charge on any atom is -0.465 e. The summed E-state index contributed by atoms with van der Waals surface area (Å²) in [5.74, 6) is 0.321. The summed E-state index contributed by atoms with van der Waals surface area (Å²) in [7, 11) is 0. The van der Waals surface area contributed by atoms with Crippen molar-refractivity contribution in [1.82, 2.24) is 15.0 Å². The lowest BCUT2D eigenvalue weighted by atomic mass is 10.1. The fraction of sp³-hybridized carbons (Fsp3) is 0.417. The maximum atomic E-state index is 11.8. The summed E-state index contributed by atoms with van der Waals surface area (Å²) in [4.78, 5) is 23.3. The smallest absolute Gasteiger partial charge is 0.316 e. The van der Waals surface area contributed by atoms with Crippen molar-refractivity contribution in [1.29, 1.82) is 0 Å². The molecule has 0 radical (unpaired) electrons. The molecule has 2 aromatic rings. The number of esters is 1. The lowest BCUT2D eigenvalue weighted by Crippen LogP contribution is -2.16. The molecule has 3 N–H and O–H groups in total. The van der Waals surface area contributed by atoms with Gasteiger partial charge < -0.3 is 15.5 Å². The van der Waals surface area contributed by atoms with E-state index in [-0.39, 0.29) is 11.9 Å². The van der Waals surface area contributed by atoms with Crippen molar-refractivity contribution < 1.29 is 9.53 Å². The summed E-state index contributed by atoms with van der Waals surface area (Å²) in [6.07, 6.45) is 0.619. The molecular weight excluding hydrogens is 232 g/mol. The van der Waals surface area contributed by atoms with Gasteiger partial charge in [0.25, 0.3) is 0 Å². The molecule has 0 saturated heterocycles. The number of anilines is 1. The molecule has 6 nitrogen and oxygen atoms in total. The van der Waals surface area contributed by atoms with E-state index in [0.717, 1.165) is 5.52 Å². The van der Waals surface area contributed by atoms with Crippen molar-refractivity contribution in [2.45, 2.75) is 26.2 Å². The van der Waals surface area contributed by atoms with Crippen LogP contribution in [0.1, 0.15) is 32.0 Å². The molecule has 0 fully saturated rings. The van der Waals surface area contributed by atoms with Crippen molar-refractivity contribution in [3.8, 4) is 0 Å². The molecule has 0 aromatic carbocycles. The van der Waals surface area contributed by atoms with E-state index in [2.05, 4.69) is 15.0 Å². The normalized spacial score (nSPS) is 12.6. The van der Waals surface area contributed by atoms with Gasteiger partial charge in [0.2, 0.25) is 0 Å². The number of pyridine rings is 1. The molecule has 0 aliphatic heterocycles. The van der Waals surface area contributed by atoms with Gasteiger partial charge in [-0.15, -0.1) is 0 Å². The number of nitrogen functional groups attached to an aromatic ring is 1. The third-order valence-corrected chi connectivity index (χ3v) is 2.70. The van der Waals surface area contributed by atoms with Crippen molar-refractivity contribution in [2.24, 2.45) is 0 Å². The van der Waals surface area contributed by atoms with E-state index in [9.17, 15) is 4.79 Å². The summed E-state index contributed by atoms with van der Waals surface area (Å²) >= 11 is 0. The molecule has 0 spiro atoms. The Balaban J connectivity index is 2.36. The molecule has 0 aliphatic rings. The van der Waals surface area contributed by atoms with Crippen LogP contribution < -0.4 is 5.73 Å². The Morgan fingerprint density at radius 1 is 1.44 bits per heavy atom. The fourth-order valence-corrected chi connectivity index (χ4v) is 1.81. The Kier molecular flexibility index (Phi) is 3.45. The zero-order valence-electron chi connectivity index (χ0n) is 10.4. The van der Waals surface area contributed by atoms with Crippen molar-refractivity contribution in [3.63, 3.8) is 0 Å². The number of hydrogen-bond donors (Lipinski definition) is 2. The minimum atomic E-state index is -0.389. The van der Waals surface area contributed by atoms with Gasteiger partial charge in [0, 0.05) is 0 Å². The van der Waals surface area contributed by atoms with Gasteiger partial charge in [-0.2, -0.15) is 0 Å². The largest absolute Gasteiger partial charge is 0.465 e. The van der Waals surface area contributed by atoms with Crippen molar-refractivity contribution in [2.75, 3.05) is 12.3 Å². The minimum absolute atomic E-state index is 0.271. The number of H-pyrrole nitrogens is 1. The zero-order chi connectivity index (χ0) is 13.1. The molecule has 18 heavy (non-hydrogen) atoms. The summed E-state index contributed by atoms with van der Waals surface area (Å²) in [6.45, 7) is 4.06. The highest BCUT2D eigenvalue weighted by Gasteiger charge is 2.23. The molecule has 0 bridgehead atoms. The van der Waals surface area contributed by atoms with Gasteiger partial charge in [0.15, 0.2) is 5.65 Å². The topological polar surface area (TPSA) is 93.9 Å². The molecule has 96 valence electrons. The van der Waals surface area contributed by atoms with Crippen LogP contribution in [0.3, 0.4) is 0 Å². The van der Waals surface area contributed by atoms with E-state index in [1.807, 2.05) is 6.92 Å². The van der Waals surface area contributed by atoms with Crippen LogP contribution in [0.25, 0.3) is 11.2 Å². The lowest BCUT2D eigenvalue weighted by molar-refractivity contribution is -0.145. The highest BCUT2D eigenvalue weighted by Crippen LogP contribution is 2.21. The highest BCUT2D eigenvalue weighted by molar-refractivity contribution is 5.79. The van der Waals surface area contributed by atoms with Crippen LogP contribution in [0.5, 0.6) is 0 Å². The van der Waals surface area contributed by atoms with Crippen LogP contribution >= 0.6 is 0 Å². The first-order valence-electron chi connectivity index (χ1n) is 5.94. The van der Waals surface area contributed by atoms with Gasteiger partial charge >= 0.3 is 5.97 Å². The first-order valence-corrected chi connectivity index (χ1v) is 5.94. The Hall–Kier alpha value is -2.11. The number of carbonyl (C=O) groups excluding carboxylic acids is 1. The van der Waals surface area contributed by atoms with E-state index in [0.29, 0.717) is 30.3 Å². The second-order valence-electron chi connectivity index (χ2n) is 3.94. The Labute approximate surface area is 105 Å². The van der Waals surface area contributed by atoms with Crippen LogP contribution in [-0.4, -0.2) is 27.5 Å². The Morgan fingerprint density at radius 3 is 2.89 bits per heavy atom. The van der Waals surface area contributed by atoms with Gasteiger partial charge in [-0.25, -0.2) is 9.97 Å². The molecule has 2 aromatic heterocycles. The first kappa shape index (κ1) is 12.3. The summed E-state index contributed by atoms with van der Waals surface area (Å²) < 4.78 is 5.03. The third kappa shape index (κ3) is 2.27. The molecule has 6 heteroatoms. The SMILES string of the molecule is CCOC(=O)C(CC)c1nc2nc(N)ccc2[nH]1. The number of fused-ring (bicyclic) bond motifs is 1. The molecule has 1 unspecified atom stereocenters. The lowest BCUT2D eigenvalue weighted by Gasteiger charge is -2.10. The van der Waals surface area contributed by atoms with Crippen molar-refractivity contribution >= 4 is 23.0 Å². The molecule has 0 amide bonds. The number of rotatable bonds is 4. The summed E-state index contributed by atoms with van der Waals surface area (Å²) in [6, 6.07) is 3.49. The number of aromatic amines is 1. The second kappa shape index (κ2) is 5.03. The van der Waals surface area contributed by atoms with E-state index in [1.165, 1.54) is 0 Å². The quantitative estimate of drug-likeness (QED) is 0.801. The molecule has 2 heterocycles. The van der Waals surface area contributed by atoms with Gasteiger partial charge in [-0.3, -0.25) is 4.79 Å². The highest BCUT2D eigenvalue weighted by atomic mass is 16.5. The van der Waals surface area contributed by atoms with E-state index in [1.54, 1.807) is 19.1 Å². The average molecular weight is 248 g/mol. The number of nitrogens with two attached hydrogens (primary N) is 1. The maximum Gasteiger partial charge on any atom is 0.316 e. The fourth-order valence-electron chi connectivity index (χ4n) is 1.81. The molecule has 0 saturated carbocycles. The zero-order valence-corrected chi connectivity index (χ0v) is 10.4. The number of imidazole rings is 1. The molecule has 1 atom stereocenters. The van der Waals surface area contributed by atoms with Crippen LogP contribution in [0.2, 0.25) is 0 Å². The molecular formula is C12H16N4O2. The molecule has 0 aliphatic carbocycles. The monoisotopic (exact) mass is 248 g/mol. The number of hydrogen-bond acceptors (Lipinski definition) is 5. The predicted octanol–water partition coefficient (Wildman–Crippen LogP) is 1.60. The second-order valence-corrected chi connectivity index (χ2v) is 3.94. The maximum absolute atomic E-state index is 11.8. The van der Waals surface area contributed by atoms with Crippen LogP contribution in [-0.2, 0) is 9.53 Å². The number of aromatic nitrogens is 3.